The summed E-state index contributed by atoms with van der Waals surface area (Å²) in [5, 5.41) is 0. The van der Waals surface area contributed by atoms with Gasteiger partial charge in [-0.25, -0.2) is 0 Å². The van der Waals surface area contributed by atoms with Crippen molar-refractivity contribution in [3.05, 3.63) is 0 Å². The van der Waals surface area contributed by atoms with E-state index < -0.39 is 8.80 Å². The van der Waals surface area contributed by atoms with Crippen molar-refractivity contribution < 1.29 is 22.8 Å². The molecule has 0 saturated heterocycles. The summed E-state index contributed by atoms with van der Waals surface area (Å²) in [5.74, 6) is 1.22. The minimum absolute atomic E-state index is 0.162. The van der Waals surface area contributed by atoms with Crippen LogP contribution in [0.1, 0.15) is 26.2 Å². The molecule has 2 bridgehead atoms. The van der Waals surface area contributed by atoms with Crippen LogP contribution in [0.4, 0.5) is 0 Å². The van der Waals surface area contributed by atoms with Crippen LogP contribution in [0.15, 0.2) is 0 Å². The molecule has 0 aromatic rings. The van der Waals surface area contributed by atoms with E-state index in [2.05, 4.69) is 0 Å². The van der Waals surface area contributed by atoms with Gasteiger partial charge in [-0.15, -0.1) is 0 Å². The lowest BCUT2D eigenvalue weighted by molar-refractivity contribution is -0.0416. The second-order valence-corrected chi connectivity index (χ2v) is 9.14. The number of ether oxygens (including phenoxy) is 2. The van der Waals surface area contributed by atoms with Gasteiger partial charge in [0.05, 0.1) is 18.8 Å². The van der Waals surface area contributed by atoms with Gasteiger partial charge in [0.1, 0.15) is 0 Å². The van der Waals surface area contributed by atoms with E-state index in [4.69, 9.17) is 22.8 Å². The Kier molecular flexibility index (Phi) is 5.61. The van der Waals surface area contributed by atoms with E-state index in [0.29, 0.717) is 30.1 Å². The molecule has 2 aliphatic rings. The van der Waals surface area contributed by atoms with Crippen LogP contribution in [0.25, 0.3) is 0 Å². The first-order valence-electron chi connectivity index (χ1n) is 7.40. The first-order chi connectivity index (χ1) is 9.60. The molecule has 0 aromatic heterocycles. The molecule has 0 spiro atoms. The summed E-state index contributed by atoms with van der Waals surface area (Å²) in [6.45, 7) is 2.71. The highest BCUT2D eigenvalue weighted by Crippen LogP contribution is 2.56. The standard InChI is InChI=1S/C14H28O5Si/c1-10(15-2)9-19-13-7-12-6-11(13)8-14(12)20(16-3,17-4)18-5/h10-14H,6-9H2,1-5H3. The zero-order chi connectivity index (χ0) is 14.8. The van der Waals surface area contributed by atoms with Gasteiger partial charge in [-0.3, -0.25) is 0 Å². The van der Waals surface area contributed by atoms with Crippen LogP contribution in [0, 0.1) is 11.8 Å². The molecule has 0 heterocycles. The Morgan fingerprint density at radius 3 is 2.05 bits per heavy atom. The zero-order valence-electron chi connectivity index (χ0n) is 13.3. The van der Waals surface area contributed by atoms with Gasteiger partial charge in [0.25, 0.3) is 0 Å². The van der Waals surface area contributed by atoms with E-state index in [0.717, 1.165) is 12.8 Å². The van der Waals surface area contributed by atoms with E-state index in [1.807, 2.05) is 6.92 Å². The molecule has 2 aliphatic carbocycles. The smallest absolute Gasteiger partial charge is 0.379 e. The fraction of sp³-hybridized carbons (Fsp3) is 1.00. The number of fused-ring (bicyclic) bond motifs is 2. The summed E-state index contributed by atoms with van der Waals surface area (Å²) >= 11 is 0. The summed E-state index contributed by atoms with van der Waals surface area (Å²) in [5.41, 5.74) is 0.423. The molecule has 20 heavy (non-hydrogen) atoms. The molecule has 6 heteroatoms. The van der Waals surface area contributed by atoms with E-state index in [-0.39, 0.29) is 6.10 Å². The Labute approximate surface area is 123 Å². The number of methoxy groups -OCH3 is 1. The maximum atomic E-state index is 6.02. The fourth-order valence-electron chi connectivity index (χ4n) is 3.89. The molecule has 2 saturated carbocycles. The predicted molar refractivity (Wildman–Crippen MR) is 77.6 cm³/mol. The third kappa shape index (κ3) is 2.96. The maximum Gasteiger partial charge on any atom is 0.503 e. The molecule has 0 N–H and O–H groups in total. The van der Waals surface area contributed by atoms with Crippen LogP contribution in [0.3, 0.4) is 0 Å². The average Bonchev–Trinajstić information content (AvgIpc) is 3.07. The summed E-state index contributed by atoms with van der Waals surface area (Å²) in [4.78, 5) is 0. The molecule has 5 unspecified atom stereocenters. The molecule has 5 nitrogen and oxygen atoms in total. The molecule has 5 atom stereocenters. The van der Waals surface area contributed by atoms with Crippen molar-refractivity contribution >= 4 is 8.80 Å². The lowest BCUT2D eigenvalue weighted by Crippen LogP contribution is -2.50. The van der Waals surface area contributed by atoms with E-state index >= 15 is 0 Å². The molecular weight excluding hydrogens is 276 g/mol. The van der Waals surface area contributed by atoms with Gasteiger partial charge < -0.3 is 22.8 Å². The van der Waals surface area contributed by atoms with Gasteiger partial charge in [-0.1, -0.05) is 0 Å². The van der Waals surface area contributed by atoms with Crippen molar-refractivity contribution in [1.29, 1.82) is 0 Å². The Morgan fingerprint density at radius 2 is 1.60 bits per heavy atom. The van der Waals surface area contributed by atoms with Crippen molar-refractivity contribution in [1.82, 2.24) is 0 Å². The van der Waals surface area contributed by atoms with E-state index in [1.54, 1.807) is 28.4 Å². The molecular formula is C14H28O5Si. The molecule has 118 valence electrons. The summed E-state index contributed by atoms with van der Waals surface area (Å²) in [6.07, 6.45) is 3.93. The van der Waals surface area contributed by atoms with Crippen LogP contribution in [0.5, 0.6) is 0 Å². The molecule has 0 aromatic carbocycles. The Hall–Kier alpha value is 0.0169. The van der Waals surface area contributed by atoms with Gasteiger partial charge in [-0.2, -0.15) is 0 Å². The van der Waals surface area contributed by atoms with Crippen molar-refractivity contribution in [3.8, 4) is 0 Å². The van der Waals surface area contributed by atoms with E-state index in [9.17, 15) is 0 Å². The maximum absolute atomic E-state index is 6.02. The first-order valence-corrected chi connectivity index (χ1v) is 9.20. The molecule has 0 aliphatic heterocycles. The summed E-state index contributed by atoms with van der Waals surface area (Å²) < 4.78 is 28.2. The molecule has 0 radical (unpaired) electrons. The minimum atomic E-state index is -2.50. The lowest BCUT2D eigenvalue weighted by atomic mass is 9.97. The highest BCUT2D eigenvalue weighted by Gasteiger charge is 2.59. The Morgan fingerprint density at radius 1 is 0.950 bits per heavy atom. The summed E-state index contributed by atoms with van der Waals surface area (Å²) in [7, 11) is 4.35. The van der Waals surface area contributed by atoms with Crippen LogP contribution in [0.2, 0.25) is 5.54 Å². The zero-order valence-corrected chi connectivity index (χ0v) is 14.3. The van der Waals surface area contributed by atoms with E-state index in [1.165, 1.54) is 6.42 Å². The number of hydrogen-bond donors (Lipinski definition) is 0. The fourth-order valence-corrected chi connectivity index (χ4v) is 6.74. The highest BCUT2D eigenvalue weighted by atomic mass is 28.4. The number of hydrogen-bond acceptors (Lipinski definition) is 5. The first kappa shape index (κ1) is 16.4. The number of rotatable bonds is 8. The third-order valence-electron chi connectivity index (χ3n) is 5.05. The minimum Gasteiger partial charge on any atom is -0.379 e. The van der Waals surface area contributed by atoms with Crippen LogP contribution in [-0.4, -0.2) is 56.1 Å². The van der Waals surface area contributed by atoms with Gasteiger partial charge in [0.2, 0.25) is 0 Å². The predicted octanol–water partition coefficient (Wildman–Crippen LogP) is 2.08. The second kappa shape index (κ2) is 6.85. The second-order valence-electron chi connectivity index (χ2n) is 5.97. The van der Waals surface area contributed by atoms with Gasteiger partial charge >= 0.3 is 8.80 Å². The molecule has 2 rings (SSSR count). The molecule has 2 fully saturated rings. The Balaban J connectivity index is 1.91. The SMILES string of the molecule is COC(C)COC1CC2CC1CC2[Si](OC)(OC)OC. The van der Waals surface area contributed by atoms with Crippen LogP contribution >= 0.6 is 0 Å². The lowest BCUT2D eigenvalue weighted by Gasteiger charge is -2.36. The quantitative estimate of drug-likeness (QED) is 0.643. The third-order valence-corrected chi connectivity index (χ3v) is 8.37. The van der Waals surface area contributed by atoms with Crippen molar-refractivity contribution in [3.63, 3.8) is 0 Å². The van der Waals surface area contributed by atoms with Gasteiger partial charge in [0.15, 0.2) is 0 Å². The normalized spacial score (nSPS) is 34.6. The van der Waals surface area contributed by atoms with Crippen molar-refractivity contribution in [2.24, 2.45) is 11.8 Å². The van der Waals surface area contributed by atoms with Crippen molar-refractivity contribution in [2.75, 3.05) is 35.0 Å². The Bertz CT molecular complexity index is 302. The van der Waals surface area contributed by atoms with Crippen LogP contribution in [-0.2, 0) is 22.8 Å². The van der Waals surface area contributed by atoms with Gasteiger partial charge in [-0.05, 0) is 38.0 Å². The van der Waals surface area contributed by atoms with Gasteiger partial charge in [0, 0.05) is 34.0 Å². The highest BCUT2D eigenvalue weighted by molar-refractivity contribution is 6.62. The van der Waals surface area contributed by atoms with Crippen LogP contribution < -0.4 is 0 Å². The van der Waals surface area contributed by atoms with Crippen molar-refractivity contribution in [2.45, 2.75) is 43.9 Å². The monoisotopic (exact) mass is 304 g/mol. The molecule has 0 amide bonds. The summed E-state index contributed by atoms with van der Waals surface area (Å²) in [6, 6.07) is 0. The largest absolute Gasteiger partial charge is 0.503 e. The average molecular weight is 304 g/mol. The topological polar surface area (TPSA) is 46.2 Å².